The van der Waals surface area contributed by atoms with Crippen LogP contribution in [0.4, 0.5) is 0 Å². The number of ether oxygens (including phenoxy) is 1. The zero-order valence-corrected chi connectivity index (χ0v) is 16.0. The second-order valence-electron chi connectivity index (χ2n) is 5.66. The van der Waals surface area contributed by atoms with Gasteiger partial charge in [-0.3, -0.25) is 0 Å². The molecule has 0 atom stereocenters. The molecule has 2 rings (SSSR count). The Bertz CT molecular complexity index is 980. The number of rotatable bonds is 8. The van der Waals surface area contributed by atoms with Gasteiger partial charge in [0, 0.05) is 25.3 Å². The van der Waals surface area contributed by atoms with Gasteiger partial charge < -0.3 is 14.0 Å². The Balaban J connectivity index is 2.36. The molecule has 0 amide bonds. The van der Waals surface area contributed by atoms with E-state index < -0.39 is 24.9 Å². The van der Waals surface area contributed by atoms with Crippen LogP contribution in [0.15, 0.2) is 52.3 Å². The highest BCUT2D eigenvalue weighted by molar-refractivity contribution is 7.92. The molecule has 7 nitrogen and oxygen atoms in total. The van der Waals surface area contributed by atoms with Crippen molar-refractivity contribution < 1.29 is 30.9 Å². The monoisotopic (exact) mass is 400 g/mol. The fraction of sp³-hybridized carbons (Fsp3) is 0.294. The van der Waals surface area contributed by atoms with Crippen LogP contribution in [0.2, 0.25) is 0 Å². The van der Waals surface area contributed by atoms with E-state index in [1.165, 1.54) is 36.4 Å². The highest BCUT2D eigenvalue weighted by atomic mass is 32.2. The van der Waals surface area contributed by atoms with Crippen LogP contribution in [-0.4, -0.2) is 41.4 Å². The minimum Gasteiger partial charge on any atom is -0.493 e. The summed E-state index contributed by atoms with van der Waals surface area (Å²) in [5.41, 5.74) is 0.702. The number of aliphatic hydroxyl groups excluding tert-OH is 1. The van der Waals surface area contributed by atoms with E-state index in [0.717, 1.165) is 6.26 Å². The molecule has 0 bridgehead atoms. The van der Waals surface area contributed by atoms with Crippen molar-refractivity contribution >= 4 is 20.0 Å². The predicted molar refractivity (Wildman–Crippen MR) is 95.7 cm³/mol. The lowest BCUT2D eigenvalue weighted by Crippen LogP contribution is -2.14. The molecule has 0 unspecified atom stereocenters. The molecule has 0 aliphatic heterocycles. The fourth-order valence-corrected chi connectivity index (χ4v) is 4.75. The first-order valence-corrected chi connectivity index (χ1v) is 11.0. The Kier molecular flexibility index (Phi) is 6.27. The van der Waals surface area contributed by atoms with E-state index in [0.29, 0.717) is 17.7 Å². The topological polar surface area (TPSA) is 107 Å². The maximum atomic E-state index is 12.6. The molecule has 9 heteroatoms. The van der Waals surface area contributed by atoms with Crippen molar-refractivity contribution in [1.29, 1.82) is 0 Å². The normalized spacial score (nSPS) is 12.0. The molecule has 26 heavy (non-hydrogen) atoms. The van der Waals surface area contributed by atoms with E-state index in [9.17, 15) is 16.8 Å². The number of aliphatic hydroxyl groups is 1. The second kappa shape index (κ2) is 8.07. The molecule has 142 valence electrons. The van der Waals surface area contributed by atoms with Crippen LogP contribution in [0.5, 0.6) is 11.5 Å². The average Bonchev–Trinajstić information content (AvgIpc) is 2.53. The summed E-state index contributed by atoms with van der Waals surface area (Å²) >= 11 is 0. The van der Waals surface area contributed by atoms with Gasteiger partial charge in [-0.25, -0.2) is 8.42 Å². The minimum absolute atomic E-state index is 0.00676. The number of hydrogen-bond acceptors (Lipinski definition) is 7. The third kappa shape index (κ3) is 5.20. The van der Waals surface area contributed by atoms with Crippen molar-refractivity contribution in [2.45, 2.75) is 23.1 Å². The maximum absolute atomic E-state index is 12.6. The molecule has 0 spiro atoms. The third-order valence-corrected chi connectivity index (χ3v) is 5.91. The Morgan fingerprint density at radius 1 is 0.962 bits per heavy atom. The zero-order valence-electron chi connectivity index (χ0n) is 14.4. The lowest BCUT2D eigenvalue weighted by molar-refractivity contribution is 0.233. The quantitative estimate of drug-likeness (QED) is 0.533. The molecule has 2 aromatic rings. The Morgan fingerprint density at radius 3 is 2.19 bits per heavy atom. The van der Waals surface area contributed by atoms with E-state index in [1.807, 2.05) is 0 Å². The van der Waals surface area contributed by atoms with Gasteiger partial charge in [0.25, 0.3) is 0 Å². The van der Waals surface area contributed by atoms with Crippen LogP contribution in [0.25, 0.3) is 0 Å². The first kappa shape index (κ1) is 20.2. The summed E-state index contributed by atoms with van der Waals surface area (Å²) in [6, 6.07) is 9.84. The molecule has 0 saturated carbocycles. The molecular formula is C17H20O7S2. The summed E-state index contributed by atoms with van der Waals surface area (Å²) in [5, 5.41) is 8.79. The fourth-order valence-electron chi connectivity index (χ4n) is 2.23. The van der Waals surface area contributed by atoms with Gasteiger partial charge in [0.15, 0.2) is 9.84 Å². The molecule has 2 aromatic carbocycles. The van der Waals surface area contributed by atoms with Crippen LogP contribution in [0.3, 0.4) is 0 Å². The maximum Gasteiger partial charge on any atom is 0.340 e. The largest absolute Gasteiger partial charge is 0.493 e. The molecule has 0 heterocycles. The molecular weight excluding hydrogens is 380 g/mol. The number of sulfone groups is 1. The van der Waals surface area contributed by atoms with E-state index in [-0.39, 0.29) is 23.9 Å². The highest BCUT2D eigenvalue weighted by Gasteiger charge is 2.25. The Morgan fingerprint density at radius 2 is 1.58 bits per heavy atom. The lowest BCUT2D eigenvalue weighted by Gasteiger charge is -2.12. The van der Waals surface area contributed by atoms with Gasteiger partial charge in [-0.05, 0) is 36.8 Å². The van der Waals surface area contributed by atoms with E-state index in [4.69, 9.17) is 14.0 Å². The summed E-state index contributed by atoms with van der Waals surface area (Å²) in [6.45, 7) is 1.98. The summed E-state index contributed by atoms with van der Waals surface area (Å²) < 4.78 is 59.4. The summed E-state index contributed by atoms with van der Waals surface area (Å²) in [5.74, 6) is 0.396. The average molecular weight is 400 g/mol. The van der Waals surface area contributed by atoms with Gasteiger partial charge in [-0.1, -0.05) is 12.1 Å². The van der Waals surface area contributed by atoms with E-state index >= 15 is 0 Å². The van der Waals surface area contributed by atoms with Crippen molar-refractivity contribution in [1.82, 2.24) is 0 Å². The first-order chi connectivity index (χ1) is 12.1. The first-order valence-electron chi connectivity index (χ1n) is 7.72. The van der Waals surface area contributed by atoms with Gasteiger partial charge in [-0.15, -0.1) is 0 Å². The highest BCUT2D eigenvalue weighted by Crippen LogP contribution is 2.28. The predicted octanol–water partition coefficient (Wildman–Crippen LogP) is 1.93. The summed E-state index contributed by atoms with van der Waals surface area (Å²) in [6.07, 6.45) is 1.37. The van der Waals surface area contributed by atoms with Crippen molar-refractivity contribution in [3.8, 4) is 11.5 Å². The van der Waals surface area contributed by atoms with Crippen LogP contribution in [0, 0.1) is 6.92 Å². The molecule has 0 radical (unpaired) electrons. The summed E-state index contributed by atoms with van der Waals surface area (Å²) in [4.78, 5) is -0.751. The van der Waals surface area contributed by atoms with E-state index in [1.54, 1.807) is 13.0 Å². The second-order valence-corrected chi connectivity index (χ2v) is 9.16. The van der Waals surface area contributed by atoms with Crippen LogP contribution >= 0.6 is 0 Å². The standard InChI is InChI=1S/C17H20O7S2/c1-13-10-14(23-9-5-8-18)12-15(11-13)24-26(21,22)17-7-4-3-6-16(17)25(2,19)20/h3-4,6-7,10-12,18H,5,8-9H2,1-2H3. The molecule has 0 fully saturated rings. The minimum atomic E-state index is -4.36. The zero-order chi connectivity index (χ0) is 19.4. The van der Waals surface area contributed by atoms with Gasteiger partial charge in [-0.2, -0.15) is 8.42 Å². The van der Waals surface area contributed by atoms with Crippen LogP contribution in [0.1, 0.15) is 12.0 Å². The van der Waals surface area contributed by atoms with Gasteiger partial charge in [0.2, 0.25) is 0 Å². The summed E-state index contributed by atoms with van der Waals surface area (Å²) in [7, 11) is -8.11. The van der Waals surface area contributed by atoms with Crippen LogP contribution in [-0.2, 0) is 20.0 Å². The SMILES string of the molecule is Cc1cc(OCCCO)cc(OS(=O)(=O)c2ccccc2S(C)(=O)=O)c1. The Labute approximate surface area is 153 Å². The van der Waals surface area contributed by atoms with Crippen molar-refractivity contribution in [2.24, 2.45) is 0 Å². The smallest absolute Gasteiger partial charge is 0.340 e. The lowest BCUT2D eigenvalue weighted by atomic mass is 10.2. The van der Waals surface area contributed by atoms with Gasteiger partial charge in [0.1, 0.15) is 16.4 Å². The molecule has 0 aromatic heterocycles. The van der Waals surface area contributed by atoms with Crippen molar-refractivity contribution in [2.75, 3.05) is 19.5 Å². The number of hydrogen-bond donors (Lipinski definition) is 1. The Hall–Kier alpha value is -2.10. The van der Waals surface area contributed by atoms with Gasteiger partial charge in [0.05, 0.1) is 11.5 Å². The van der Waals surface area contributed by atoms with Gasteiger partial charge >= 0.3 is 10.1 Å². The molecule has 0 aliphatic carbocycles. The molecule has 0 aliphatic rings. The number of aryl methyl sites for hydroxylation is 1. The number of benzene rings is 2. The third-order valence-electron chi connectivity index (χ3n) is 3.32. The van der Waals surface area contributed by atoms with Crippen molar-refractivity contribution in [3.63, 3.8) is 0 Å². The van der Waals surface area contributed by atoms with E-state index in [2.05, 4.69) is 0 Å². The van der Waals surface area contributed by atoms with Crippen LogP contribution < -0.4 is 8.92 Å². The molecule has 1 N–H and O–H groups in total. The molecule has 0 saturated heterocycles. The van der Waals surface area contributed by atoms with Crippen molar-refractivity contribution in [3.05, 3.63) is 48.0 Å².